The summed E-state index contributed by atoms with van der Waals surface area (Å²) >= 11 is 5.82. The molecule has 0 atom stereocenters. The predicted octanol–water partition coefficient (Wildman–Crippen LogP) is 3.00. The highest BCUT2D eigenvalue weighted by molar-refractivity contribution is 6.30. The smallest absolute Gasteiger partial charge is 0.303 e. The zero-order chi connectivity index (χ0) is 15.2. The number of carboxylic acid groups (broad SMARTS) is 1. The summed E-state index contributed by atoms with van der Waals surface area (Å²) in [5.74, 6) is -1.27. The number of pyridine rings is 1. The Labute approximate surface area is 126 Å². The van der Waals surface area contributed by atoms with Gasteiger partial charge in [-0.25, -0.2) is 0 Å². The van der Waals surface area contributed by atoms with Gasteiger partial charge in [0.2, 0.25) is 0 Å². The van der Waals surface area contributed by atoms with E-state index in [-0.39, 0.29) is 18.0 Å². The molecule has 2 rings (SSSR count). The molecule has 0 aliphatic heterocycles. The second-order valence-electron chi connectivity index (χ2n) is 4.36. The SMILES string of the molecule is O=C(O)CCc1ccccc1NC(=O)c1cc(Cl)ccn1. The van der Waals surface area contributed by atoms with E-state index in [0.29, 0.717) is 17.1 Å². The molecule has 0 bridgehead atoms. The van der Waals surface area contributed by atoms with Crippen LogP contribution in [-0.2, 0) is 11.2 Å². The number of carboxylic acids is 1. The number of amides is 1. The fraction of sp³-hybridized carbons (Fsp3) is 0.133. The monoisotopic (exact) mass is 304 g/mol. The normalized spacial score (nSPS) is 10.1. The van der Waals surface area contributed by atoms with Crippen molar-refractivity contribution in [2.24, 2.45) is 0 Å². The van der Waals surface area contributed by atoms with Gasteiger partial charge in [-0.05, 0) is 30.2 Å². The standard InChI is InChI=1S/C15H13ClN2O3/c16-11-7-8-17-13(9-11)15(21)18-12-4-2-1-3-10(12)5-6-14(19)20/h1-4,7-9H,5-6H2,(H,18,21)(H,19,20). The molecular weight excluding hydrogens is 292 g/mol. The molecule has 2 aromatic rings. The molecule has 2 N–H and O–H groups in total. The molecular formula is C15H13ClN2O3. The Morgan fingerprint density at radius 2 is 2.00 bits per heavy atom. The number of hydrogen-bond donors (Lipinski definition) is 2. The molecule has 1 aromatic heterocycles. The summed E-state index contributed by atoms with van der Waals surface area (Å²) in [6.45, 7) is 0. The fourth-order valence-electron chi connectivity index (χ4n) is 1.82. The summed E-state index contributed by atoms with van der Waals surface area (Å²) in [6.07, 6.45) is 1.80. The van der Waals surface area contributed by atoms with E-state index < -0.39 is 5.97 Å². The molecule has 21 heavy (non-hydrogen) atoms. The lowest BCUT2D eigenvalue weighted by Crippen LogP contribution is -2.15. The third-order valence-electron chi connectivity index (χ3n) is 2.83. The van der Waals surface area contributed by atoms with Crippen LogP contribution in [0.5, 0.6) is 0 Å². The number of hydrogen-bond acceptors (Lipinski definition) is 3. The average Bonchev–Trinajstić information content (AvgIpc) is 2.46. The topological polar surface area (TPSA) is 79.3 Å². The second-order valence-corrected chi connectivity index (χ2v) is 4.80. The molecule has 0 saturated heterocycles. The third-order valence-corrected chi connectivity index (χ3v) is 3.06. The van der Waals surface area contributed by atoms with Crippen LogP contribution in [-0.4, -0.2) is 22.0 Å². The van der Waals surface area contributed by atoms with Crippen molar-refractivity contribution in [3.8, 4) is 0 Å². The number of carbonyl (C=O) groups is 2. The first-order chi connectivity index (χ1) is 10.1. The van der Waals surface area contributed by atoms with Crippen LogP contribution in [0.4, 0.5) is 5.69 Å². The lowest BCUT2D eigenvalue weighted by molar-refractivity contribution is -0.136. The minimum atomic E-state index is -0.882. The Morgan fingerprint density at radius 3 is 2.71 bits per heavy atom. The van der Waals surface area contributed by atoms with Crippen molar-refractivity contribution in [1.82, 2.24) is 4.98 Å². The van der Waals surface area contributed by atoms with Gasteiger partial charge in [-0.15, -0.1) is 0 Å². The number of para-hydroxylation sites is 1. The first kappa shape index (κ1) is 15.0. The van der Waals surface area contributed by atoms with E-state index in [0.717, 1.165) is 5.56 Å². The van der Waals surface area contributed by atoms with Gasteiger partial charge >= 0.3 is 5.97 Å². The van der Waals surface area contributed by atoms with Crippen LogP contribution < -0.4 is 5.32 Å². The maximum absolute atomic E-state index is 12.1. The van der Waals surface area contributed by atoms with Gasteiger partial charge in [0.15, 0.2) is 0 Å². The van der Waals surface area contributed by atoms with Crippen molar-refractivity contribution >= 4 is 29.2 Å². The van der Waals surface area contributed by atoms with E-state index in [1.54, 1.807) is 30.3 Å². The van der Waals surface area contributed by atoms with Crippen LogP contribution in [0.3, 0.4) is 0 Å². The number of benzene rings is 1. The number of halogens is 1. The Morgan fingerprint density at radius 1 is 1.24 bits per heavy atom. The quantitative estimate of drug-likeness (QED) is 0.890. The van der Waals surface area contributed by atoms with E-state index in [1.165, 1.54) is 12.3 Å². The highest BCUT2D eigenvalue weighted by Crippen LogP contribution is 2.18. The summed E-state index contributed by atoms with van der Waals surface area (Å²) in [7, 11) is 0. The average molecular weight is 305 g/mol. The van der Waals surface area contributed by atoms with E-state index in [4.69, 9.17) is 16.7 Å². The zero-order valence-electron chi connectivity index (χ0n) is 11.0. The lowest BCUT2D eigenvalue weighted by Gasteiger charge is -2.10. The van der Waals surface area contributed by atoms with Crippen molar-refractivity contribution in [1.29, 1.82) is 0 Å². The van der Waals surface area contributed by atoms with E-state index in [2.05, 4.69) is 10.3 Å². The van der Waals surface area contributed by atoms with Crippen molar-refractivity contribution in [3.63, 3.8) is 0 Å². The highest BCUT2D eigenvalue weighted by atomic mass is 35.5. The number of nitrogens with one attached hydrogen (secondary N) is 1. The van der Waals surface area contributed by atoms with Crippen molar-refractivity contribution in [2.45, 2.75) is 12.8 Å². The van der Waals surface area contributed by atoms with Gasteiger partial charge in [-0.3, -0.25) is 14.6 Å². The zero-order valence-corrected chi connectivity index (χ0v) is 11.8. The van der Waals surface area contributed by atoms with Crippen LogP contribution in [0.2, 0.25) is 5.02 Å². The maximum atomic E-state index is 12.1. The molecule has 1 heterocycles. The predicted molar refractivity (Wildman–Crippen MR) is 79.6 cm³/mol. The van der Waals surface area contributed by atoms with E-state index >= 15 is 0 Å². The van der Waals surface area contributed by atoms with Gasteiger partial charge in [0.1, 0.15) is 5.69 Å². The lowest BCUT2D eigenvalue weighted by atomic mass is 10.1. The molecule has 0 radical (unpaired) electrons. The minimum Gasteiger partial charge on any atom is -0.481 e. The summed E-state index contributed by atoms with van der Waals surface area (Å²) in [4.78, 5) is 26.7. The number of carbonyl (C=O) groups excluding carboxylic acids is 1. The maximum Gasteiger partial charge on any atom is 0.303 e. The van der Waals surface area contributed by atoms with Crippen molar-refractivity contribution in [3.05, 3.63) is 58.9 Å². The van der Waals surface area contributed by atoms with Gasteiger partial charge in [-0.1, -0.05) is 29.8 Å². The molecule has 0 aliphatic carbocycles. The Bertz CT molecular complexity index is 673. The van der Waals surface area contributed by atoms with Crippen LogP contribution in [0.1, 0.15) is 22.5 Å². The molecule has 6 heteroatoms. The number of aryl methyl sites for hydroxylation is 1. The highest BCUT2D eigenvalue weighted by Gasteiger charge is 2.11. The van der Waals surface area contributed by atoms with Gasteiger partial charge in [0.05, 0.1) is 0 Å². The number of aromatic nitrogens is 1. The minimum absolute atomic E-state index is 0.00228. The van der Waals surface area contributed by atoms with Gasteiger partial charge in [0.25, 0.3) is 5.91 Å². The molecule has 0 saturated carbocycles. The molecule has 0 unspecified atom stereocenters. The first-order valence-electron chi connectivity index (χ1n) is 6.29. The number of rotatable bonds is 5. The molecule has 0 aliphatic rings. The van der Waals surface area contributed by atoms with Gasteiger partial charge in [-0.2, -0.15) is 0 Å². The Hall–Kier alpha value is -2.40. The van der Waals surface area contributed by atoms with E-state index in [9.17, 15) is 9.59 Å². The molecule has 1 amide bonds. The van der Waals surface area contributed by atoms with Crippen LogP contribution >= 0.6 is 11.6 Å². The van der Waals surface area contributed by atoms with E-state index in [1.807, 2.05) is 0 Å². The summed E-state index contributed by atoms with van der Waals surface area (Å²) in [6, 6.07) is 10.1. The Balaban J connectivity index is 2.15. The van der Waals surface area contributed by atoms with Crippen LogP contribution in [0.15, 0.2) is 42.6 Å². The number of aliphatic carboxylic acids is 1. The van der Waals surface area contributed by atoms with Crippen LogP contribution in [0.25, 0.3) is 0 Å². The fourth-order valence-corrected chi connectivity index (χ4v) is 1.98. The third kappa shape index (κ3) is 4.29. The second kappa shape index (κ2) is 6.85. The summed E-state index contributed by atoms with van der Waals surface area (Å²) in [5, 5.41) is 11.9. The molecule has 0 fully saturated rings. The molecule has 0 spiro atoms. The van der Waals surface area contributed by atoms with Crippen molar-refractivity contribution in [2.75, 3.05) is 5.32 Å². The van der Waals surface area contributed by atoms with Crippen molar-refractivity contribution < 1.29 is 14.7 Å². The molecule has 108 valence electrons. The van der Waals surface area contributed by atoms with Gasteiger partial charge in [0, 0.05) is 23.3 Å². The summed E-state index contributed by atoms with van der Waals surface area (Å²) < 4.78 is 0. The number of nitrogens with zero attached hydrogens (tertiary/aromatic N) is 1. The molecule has 1 aromatic carbocycles. The first-order valence-corrected chi connectivity index (χ1v) is 6.66. The largest absolute Gasteiger partial charge is 0.481 e. The Kier molecular flexibility index (Phi) is 4.90. The summed E-state index contributed by atoms with van der Waals surface area (Å²) in [5.41, 5.74) is 1.54. The molecule has 5 nitrogen and oxygen atoms in total. The van der Waals surface area contributed by atoms with Crippen LogP contribution in [0, 0.1) is 0 Å². The van der Waals surface area contributed by atoms with Gasteiger partial charge < -0.3 is 10.4 Å². The number of anilines is 1.